The van der Waals surface area contributed by atoms with Crippen LogP contribution in [0.1, 0.15) is 47.2 Å². The zero-order valence-electron chi connectivity index (χ0n) is 20.1. The first-order valence-corrected chi connectivity index (χ1v) is 10.7. The Morgan fingerprint density at radius 1 is 0.818 bits per heavy atom. The minimum absolute atomic E-state index is 0.340. The lowest BCUT2D eigenvalue weighted by atomic mass is 10.1. The standard InChI is InChI=1S/C26H30N2O5/c1-17-16-18(14-15-27-17)31-22-13-12-21(19-10-8-9-11-20(19)22)28(23(29)32-25(2,3)4)24(30)33-26(5,6)7/h8-16H,1-7H3. The SMILES string of the molecule is Cc1cc(Oc2ccc(N(C(=O)OC(C)(C)C)C(=O)OC(C)(C)C)c3ccccc23)ccn1. The normalized spacial score (nSPS) is 11.7. The number of fused-ring (bicyclic) bond motifs is 1. The predicted octanol–water partition coefficient (Wildman–Crippen LogP) is 7.01. The summed E-state index contributed by atoms with van der Waals surface area (Å²) >= 11 is 0. The Hall–Kier alpha value is -3.61. The average Bonchev–Trinajstić information content (AvgIpc) is 2.67. The van der Waals surface area contributed by atoms with Gasteiger partial charge in [-0.2, -0.15) is 4.90 Å². The van der Waals surface area contributed by atoms with Gasteiger partial charge in [0.2, 0.25) is 0 Å². The van der Waals surface area contributed by atoms with Crippen molar-refractivity contribution >= 4 is 28.6 Å². The number of carbonyl (C=O) groups excluding carboxylic acids is 2. The summed E-state index contributed by atoms with van der Waals surface area (Å²) in [6.07, 6.45) is 0.0363. The van der Waals surface area contributed by atoms with E-state index in [1.807, 2.05) is 37.3 Å². The second-order valence-electron chi connectivity index (χ2n) is 9.66. The largest absolute Gasteiger partial charge is 0.457 e. The quantitative estimate of drug-likeness (QED) is 0.427. The fourth-order valence-electron chi connectivity index (χ4n) is 3.14. The molecule has 2 aromatic carbocycles. The molecule has 0 aliphatic rings. The van der Waals surface area contributed by atoms with Crippen molar-refractivity contribution in [3.05, 3.63) is 60.4 Å². The number of pyridine rings is 1. The highest BCUT2D eigenvalue weighted by molar-refractivity contribution is 6.15. The summed E-state index contributed by atoms with van der Waals surface area (Å²) in [7, 11) is 0. The molecule has 7 heteroatoms. The highest BCUT2D eigenvalue weighted by atomic mass is 16.6. The second-order valence-corrected chi connectivity index (χ2v) is 9.66. The molecule has 0 radical (unpaired) electrons. The number of anilines is 1. The summed E-state index contributed by atoms with van der Waals surface area (Å²) in [5, 5.41) is 1.36. The van der Waals surface area contributed by atoms with Gasteiger partial charge in [-0.25, -0.2) is 9.59 Å². The van der Waals surface area contributed by atoms with Gasteiger partial charge in [-0.15, -0.1) is 0 Å². The minimum atomic E-state index is -0.819. The van der Waals surface area contributed by atoms with Gasteiger partial charge in [-0.3, -0.25) is 4.98 Å². The maximum Gasteiger partial charge on any atom is 0.424 e. The predicted molar refractivity (Wildman–Crippen MR) is 128 cm³/mol. The molecular weight excluding hydrogens is 420 g/mol. The number of ether oxygens (including phenoxy) is 3. The van der Waals surface area contributed by atoms with Crippen LogP contribution >= 0.6 is 0 Å². The maximum atomic E-state index is 13.1. The number of hydrogen-bond donors (Lipinski definition) is 0. The van der Waals surface area contributed by atoms with E-state index in [4.69, 9.17) is 14.2 Å². The highest BCUT2D eigenvalue weighted by Gasteiger charge is 2.33. The van der Waals surface area contributed by atoms with E-state index >= 15 is 0 Å². The Labute approximate surface area is 194 Å². The van der Waals surface area contributed by atoms with Gasteiger partial charge in [-0.05, 0) is 66.7 Å². The molecule has 0 aliphatic heterocycles. The fraction of sp³-hybridized carbons (Fsp3) is 0.346. The second kappa shape index (κ2) is 9.10. The Bertz CT molecular complexity index is 1150. The first-order valence-electron chi connectivity index (χ1n) is 10.7. The zero-order valence-corrected chi connectivity index (χ0v) is 20.1. The third-order valence-electron chi connectivity index (χ3n) is 4.35. The summed E-state index contributed by atoms with van der Waals surface area (Å²) in [5.74, 6) is 1.21. The van der Waals surface area contributed by atoms with Crippen LogP contribution in [0.3, 0.4) is 0 Å². The van der Waals surface area contributed by atoms with Crippen LogP contribution in [0.15, 0.2) is 54.7 Å². The summed E-state index contributed by atoms with van der Waals surface area (Å²) in [4.78, 5) is 31.3. The van der Waals surface area contributed by atoms with Crippen molar-refractivity contribution < 1.29 is 23.8 Å². The number of imide groups is 1. The van der Waals surface area contributed by atoms with Crippen LogP contribution in [0.2, 0.25) is 0 Å². The third kappa shape index (κ3) is 6.22. The van der Waals surface area contributed by atoms with Crippen LogP contribution in [0.5, 0.6) is 11.5 Å². The van der Waals surface area contributed by atoms with Gasteiger partial charge in [0.05, 0.1) is 5.69 Å². The first-order chi connectivity index (χ1) is 15.3. The number of rotatable bonds is 3. The first kappa shape index (κ1) is 24.0. The molecule has 2 amide bonds. The third-order valence-corrected chi connectivity index (χ3v) is 4.35. The van der Waals surface area contributed by atoms with E-state index in [1.54, 1.807) is 65.9 Å². The van der Waals surface area contributed by atoms with Crippen LogP contribution in [0.25, 0.3) is 10.8 Å². The molecule has 0 bridgehead atoms. The van der Waals surface area contributed by atoms with E-state index in [0.717, 1.165) is 16.0 Å². The zero-order chi connectivity index (χ0) is 24.4. The van der Waals surface area contributed by atoms with Gasteiger partial charge in [0.1, 0.15) is 22.7 Å². The number of aromatic nitrogens is 1. The molecule has 0 spiro atoms. The molecular formula is C26H30N2O5. The minimum Gasteiger partial charge on any atom is -0.457 e. The molecule has 7 nitrogen and oxygen atoms in total. The van der Waals surface area contributed by atoms with Crippen LogP contribution in [0.4, 0.5) is 15.3 Å². The topological polar surface area (TPSA) is 78.0 Å². The van der Waals surface area contributed by atoms with E-state index in [0.29, 0.717) is 22.6 Å². The van der Waals surface area contributed by atoms with Gasteiger partial charge in [-0.1, -0.05) is 24.3 Å². The van der Waals surface area contributed by atoms with E-state index in [-0.39, 0.29) is 0 Å². The van der Waals surface area contributed by atoms with Gasteiger partial charge >= 0.3 is 12.2 Å². The molecule has 3 rings (SSSR count). The van der Waals surface area contributed by atoms with Crippen molar-refractivity contribution in [1.29, 1.82) is 0 Å². The Kier molecular flexibility index (Phi) is 6.63. The number of amides is 2. The van der Waals surface area contributed by atoms with Crippen molar-refractivity contribution in [2.24, 2.45) is 0 Å². The maximum absolute atomic E-state index is 13.1. The van der Waals surface area contributed by atoms with Crippen molar-refractivity contribution in [2.45, 2.75) is 59.7 Å². The van der Waals surface area contributed by atoms with Crippen LogP contribution in [-0.2, 0) is 9.47 Å². The molecule has 33 heavy (non-hydrogen) atoms. The molecule has 1 heterocycles. The lowest BCUT2D eigenvalue weighted by molar-refractivity contribution is 0.0431. The number of benzene rings is 2. The summed E-state index contributed by atoms with van der Waals surface area (Å²) in [5.41, 5.74) is -0.424. The molecule has 0 saturated carbocycles. The van der Waals surface area contributed by atoms with Crippen molar-refractivity contribution in [1.82, 2.24) is 4.98 Å². The average molecular weight is 451 g/mol. The molecule has 174 valence electrons. The van der Waals surface area contributed by atoms with Crippen LogP contribution in [0, 0.1) is 6.92 Å². The van der Waals surface area contributed by atoms with Crippen LogP contribution in [-0.4, -0.2) is 28.4 Å². The summed E-state index contributed by atoms with van der Waals surface area (Å²) in [6.45, 7) is 12.3. The molecule has 0 atom stereocenters. The van der Waals surface area contributed by atoms with Crippen molar-refractivity contribution in [3.8, 4) is 11.5 Å². The molecule has 0 fully saturated rings. The van der Waals surface area contributed by atoms with E-state index in [9.17, 15) is 9.59 Å². The number of hydrogen-bond acceptors (Lipinski definition) is 6. The molecule has 0 unspecified atom stereocenters. The Morgan fingerprint density at radius 3 is 1.94 bits per heavy atom. The lowest BCUT2D eigenvalue weighted by Gasteiger charge is -2.29. The number of carbonyl (C=O) groups is 2. The lowest BCUT2D eigenvalue weighted by Crippen LogP contribution is -2.43. The van der Waals surface area contributed by atoms with Crippen molar-refractivity contribution in [3.63, 3.8) is 0 Å². The van der Waals surface area contributed by atoms with Gasteiger partial charge < -0.3 is 14.2 Å². The summed E-state index contributed by atoms with van der Waals surface area (Å²) < 4.78 is 17.2. The Morgan fingerprint density at radius 2 is 1.39 bits per heavy atom. The van der Waals surface area contributed by atoms with E-state index < -0.39 is 23.4 Å². The molecule has 0 N–H and O–H groups in total. The van der Waals surface area contributed by atoms with Crippen LogP contribution < -0.4 is 9.64 Å². The summed E-state index contributed by atoms with van der Waals surface area (Å²) in [6, 6.07) is 14.3. The molecule has 0 saturated heterocycles. The van der Waals surface area contributed by atoms with Gasteiger partial charge in [0.25, 0.3) is 0 Å². The fourth-order valence-corrected chi connectivity index (χ4v) is 3.14. The highest BCUT2D eigenvalue weighted by Crippen LogP contribution is 2.37. The smallest absolute Gasteiger partial charge is 0.424 e. The van der Waals surface area contributed by atoms with E-state index in [2.05, 4.69) is 4.98 Å². The molecule has 1 aromatic heterocycles. The van der Waals surface area contributed by atoms with Crippen molar-refractivity contribution in [2.75, 3.05) is 4.90 Å². The molecule has 3 aromatic rings. The Balaban J connectivity index is 2.11. The monoisotopic (exact) mass is 450 g/mol. The van der Waals surface area contributed by atoms with Gasteiger partial charge in [0, 0.05) is 28.7 Å². The number of nitrogens with zero attached hydrogens (tertiary/aromatic N) is 2. The van der Waals surface area contributed by atoms with E-state index in [1.165, 1.54) is 0 Å². The molecule has 0 aliphatic carbocycles. The number of aryl methyl sites for hydroxylation is 1. The van der Waals surface area contributed by atoms with Gasteiger partial charge in [0.15, 0.2) is 0 Å².